The molecule has 1 aliphatic rings. The zero-order valence-corrected chi connectivity index (χ0v) is 12.8. The maximum absolute atomic E-state index is 11.6. The molecule has 0 spiro atoms. The third kappa shape index (κ3) is 2.60. The Balaban J connectivity index is 1.96. The van der Waals surface area contributed by atoms with Gasteiger partial charge in [0, 0.05) is 4.90 Å². The Labute approximate surface area is 133 Å². The van der Waals surface area contributed by atoms with Gasteiger partial charge in [-0.1, -0.05) is 30.3 Å². The number of hydrogen-bond donors (Lipinski definition) is 1. The van der Waals surface area contributed by atoms with E-state index in [-0.39, 0.29) is 0 Å². The molecule has 0 heterocycles. The summed E-state index contributed by atoms with van der Waals surface area (Å²) in [4.78, 5) is 12.6. The van der Waals surface area contributed by atoms with Gasteiger partial charge in [0.25, 0.3) is 0 Å². The molecular formula is C18H15NO2S. The standard InChI is InChI=1S/C18H15NO2S/c19-12-13-6-8-14(9-7-13)15-4-1-2-5-16(15)22-18(17(20)21)10-3-11-18/h1-2,4-9H,3,10-11H2,(H,20,21). The van der Waals surface area contributed by atoms with Crippen LogP contribution in [-0.2, 0) is 4.79 Å². The van der Waals surface area contributed by atoms with Crippen LogP contribution in [0.4, 0.5) is 0 Å². The number of nitriles is 1. The first-order valence-electron chi connectivity index (χ1n) is 7.17. The minimum Gasteiger partial charge on any atom is -0.480 e. The molecule has 1 N–H and O–H groups in total. The molecule has 1 aliphatic carbocycles. The Morgan fingerprint density at radius 2 is 1.82 bits per heavy atom. The molecule has 0 atom stereocenters. The molecule has 2 aromatic carbocycles. The minimum atomic E-state index is -0.724. The van der Waals surface area contributed by atoms with E-state index >= 15 is 0 Å². The monoisotopic (exact) mass is 309 g/mol. The number of carboxylic acid groups (broad SMARTS) is 1. The largest absolute Gasteiger partial charge is 0.480 e. The highest BCUT2D eigenvalue weighted by molar-refractivity contribution is 8.01. The van der Waals surface area contributed by atoms with Crippen molar-refractivity contribution in [2.45, 2.75) is 28.9 Å². The number of rotatable bonds is 4. The third-order valence-corrected chi connectivity index (χ3v) is 5.62. The highest BCUT2D eigenvalue weighted by Crippen LogP contribution is 2.49. The van der Waals surface area contributed by atoms with Crippen molar-refractivity contribution in [2.75, 3.05) is 0 Å². The highest BCUT2D eigenvalue weighted by atomic mass is 32.2. The van der Waals surface area contributed by atoms with Crippen molar-refractivity contribution in [1.29, 1.82) is 5.26 Å². The van der Waals surface area contributed by atoms with Gasteiger partial charge in [-0.05, 0) is 48.6 Å². The molecule has 0 saturated heterocycles. The normalized spacial score (nSPS) is 15.6. The van der Waals surface area contributed by atoms with Crippen molar-refractivity contribution in [3.63, 3.8) is 0 Å². The van der Waals surface area contributed by atoms with Crippen LogP contribution in [0.1, 0.15) is 24.8 Å². The molecule has 0 unspecified atom stereocenters. The van der Waals surface area contributed by atoms with Crippen LogP contribution in [0.2, 0.25) is 0 Å². The summed E-state index contributed by atoms with van der Waals surface area (Å²) in [6, 6.07) is 17.4. The van der Waals surface area contributed by atoms with Crippen molar-refractivity contribution < 1.29 is 9.90 Å². The second-order valence-corrected chi connectivity index (χ2v) is 6.87. The van der Waals surface area contributed by atoms with Gasteiger partial charge in [0.05, 0.1) is 11.6 Å². The van der Waals surface area contributed by atoms with E-state index in [0.717, 1.165) is 22.4 Å². The molecular weight excluding hydrogens is 294 g/mol. The maximum Gasteiger partial charge on any atom is 0.320 e. The average molecular weight is 309 g/mol. The molecule has 22 heavy (non-hydrogen) atoms. The molecule has 0 radical (unpaired) electrons. The molecule has 1 fully saturated rings. The lowest BCUT2D eigenvalue weighted by Gasteiger charge is -2.37. The smallest absolute Gasteiger partial charge is 0.320 e. The fraction of sp³-hybridized carbons (Fsp3) is 0.222. The molecule has 1 saturated carbocycles. The van der Waals surface area contributed by atoms with Crippen LogP contribution in [0.3, 0.4) is 0 Å². The summed E-state index contributed by atoms with van der Waals surface area (Å²) in [6.07, 6.45) is 2.40. The Morgan fingerprint density at radius 3 is 2.36 bits per heavy atom. The van der Waals surface area contributed by atoms with Gasteiger partial charge >= 0.3 is 5.97 Å². The first-order valence-corrected chi connectivity index (χ1v) is 7.98. The lowest BCUT2D eigenvalue weighted by molar-refractivity contribution is -0.142. The summed E-state index contributed by atoms with van der Waals surface area (Å²) in [5.41, 5.74) is 2.64. The SMILES string of the molecule is N#Cc1ccc(-c2ccccc2SC2(C(=O)O)CCC2)cc1. The summed E-state index contributed by atoms with van der Waals surface area (Å²) in [5, 5.41) is 18.4. The number of carbonyl (C=O) groups is 1. The number of hydrogen-bond acceptors (Lipinski definition) is 3. The number of benzene rings is 2. The molecule has 2 aromatic rings. The summed E-state index contributed by atoms with van der Waals surface area (Å²) < 4.78 is -0.678. The van der Waals surface area contributed by atoms with Crippen LogP contribution in [0.15, 0.2) is 53.4 Å². The van der Waals surface area contributed by atoms with E-state index in [0.29, 0.717) is 18.4 Å². The van der Waals surface area contributed by atoms with Crippen LogP contribution in [0.5, 0.6) is 0 Å². The van der Waals surface area contributed by atoms with E-state index < -0.39 is 10.7 Å². The quantitative estimate of drug-likeness (QED) is 0.913. The van der Waals surface area contributed by atoms with Crippen molar-refractivity contribution >= 4 is 17.7 Å². The predicted molar refractivity (Wildman–Crippen MR) is 86.7 cm³/mol. The lowest BCUT2D eigenvalue weighted by atomic mass is 9.84. The van der Waals surface area contributed by atoms with Gasteiger partial charge in [0.1, 0.15) is 4.75 Å². The van der Waals surface area contributed by atoms with Gasteiger partial charge in [-0.25, -0.2) is 0 Å². The summed E-state index contributed by atoms with van der Waals surface area (Å²) in [5.74, 6) is -0.724. The summed E-state index contributed by atoms with van der Waals surface area (Å²) in [6.45, 7) is 0. The zero-order valence-electron chi connectivity index (χ0n) is 12.0. The van der Waals surface area contributed by atoms with Crippen LogP contribution in [-0.4, -0.2) is 15.8 Å². The fourth-order valence-electron chi connectivity index (χ4n) is 2.59. The van der Waals surface area contributed by atoms with Gasteiger partial charge in [-0.3, -0.25) is 4.79 Å². The predicted octanol–water partition coefficient (Wildman–Crippen LogP) is 4.32. The van der Waals surface area contributed by atoms with Gasteiger partial charge in [0.2, 0.25) is 0 Å². The van der Waals surface area contributed by atoms with E-state index in [9.17, 15) is 9.90 Å². The average Bonchev–Trinajstić information content (AvgIpc) is 2.51. The molecule has 0 amide bonds. The van der Waals surface area contributed by atoms with Crippen LogP contribution in [0.25, 0.3) is 11.1 Å². The lowest BCUT2D eigenvalue weighted by Crippen LogP contribution is -2.41. The molecule has 3 nitrogen and oxygen atoms in total. The van der Waals surface area contributed by atoms with Gasteiger partial charge in [-0.15, -0.1) is 11.8 Å². The number of nitrogens with zero attached hydrogens (tertiary/aromatic N) is 1. The fourth-order valence-corrected chi connectivity index (χ4v) is 4.03. The Morgan fingerprint density at radius 1 is 1.14 bits per heavy atom. The molecule has 0 aliphatic heterocycles. The highest BCUT2D eigenvalue weighted by Gasteiger charge is 2.45. The van der Waals surface area contributed by atoms with Crippen LogP contribution < -0.4 is 0 Å². The first kappa shape index (κ1) is 14.7. The van der Waals surface area contributed by atoms with Gasteiger partial charge in [-0.2, -0.15) is 5.26 Å². The summed E-state index contributed by atoms with van der Waals surface area (Å²) in [7, 11) is 0. The molecule has 0 aromatic heterocycles. The van der Waals surface area contributed by atoms with Gasteiger partial charge < -0.3 is 5.11 Å². The van der Waals surface area contributed by atoms with Crippen molar-refractivity contribution in [3.05, 3.63) is 54.1 Å². The minimum absolute atomic E-state index is 0.620. The Hall–Kier alpha value is -2.25. The van der Waals surface area contributed by atoms with E-state index in [1.165, 1.54) is 11.8 Å². The Bertz CT molecular complexity index is 742. The van der Waals surface area contributed by atoms with Crippen molar-refractivity contribution in [3.8, 4) is 17.2 Å². The van der Waals surface area contributed by atoms with E-state index in [1.54, 1.807) is 12.1 Å². The summed E-state index contributed by atoms with van der Waals surface area (Å²) >= 11 is 1.45. The molecule has 3 rings (SSSR count). The Kier molecular flexibility index (Phi) is 3.91. The number of aliphatic carboxylic acids is 1. The number of thioether (sulfide) groups is 1. The van der Waals surface area contributed by atoms with Crippen molar-refractivity contribution in [2.24, 2.45) is 0 Å². The molecule has 4 heteroatoms. The van der Waals surface area contributed by atoms with Gasteiger partial charge in [0.15, 0.2) is 0 Å². The second kappa shape index (κ2) is 5.86. The third-order valence-electron chi connectivity index (χ3n) is 4.07. The maximum atomic E-state index is 11.6. The van der Waals surface area contributed by atoms with Crippen LogP contribution >= 0.6 is 11.8 Å². The van der Waals surface area contributed by atoms with E-state index in [4.69, 9.17) is 5.26 Å². The van der Waals surface area contributed by atoms with Crippen molar-refractivity contribution in [1.82, 2.24) is 0 Å². The van der Waals surface area contributed by atoms with E-state index in [1.807, 2.05) is 36.4 Å². The van der Waals surface area contributed by atoms with Crippen LogP contribution in [0, 0.1) is 11.3 Å². The topological polar surface area (TPSA) is 61.1 Å². The molecule has 110 valence electrons. The number of carboxylic acids is 1. The molecule has 0 bridgehead atoms. The van der Waals surface area contributed by atoms with E-state index in [2.05, 4.69) is 6.07 Å². The second-order valence-electron chi connectivity index (χ2n) is 5.44. The zero-order chi connectivity index (χ0) is 15.6. The first-order chi connectivity index (χ1) is 10.6.